The monoisotopic (exact) mass is 563 g/mol. The number of piperidine rings is 1. The summed E-state index contributed by atoms with van der Waals surface area (Å²) >= 11 is 0. The van der Waals surface area contributed by atoms with Gasteiger partial charge in [0, 0.05) is 41.1 Å². The van der Waals surface area contributed by atoms with E-state index in [-0.39, 0.29) is 40.3 Å². The number of benzene rings is 1. The van der Waals surface area contributed by atoms with E-state index in [0.717, 1.165) is 5.56 Å². The molecule has 10 nitrogen and oxygen atoms in total. The first kappa shape index (κ1) is 31.5. The molecule has 3 aromatic rings. The van der Waals surface area contributed by atoms with Crippen molar-refractivity contribution in [2.75, 3.05) is 17.7 Å². The number of hydrogen-bond donors (Lipinski definition) is 3. The van der Waals surface area contributed by atoms with Gasteiger partial charge in [0.1, 0.15) is 23.0 Å². The number of hydrogen-bond acceptors (Lipinski definition) is 8. The van der Waals surface area contributed by atoms with Gasteiger partial charge in [0.15, 0.2) is 5.82 Å². The van der Waals surface area contributed by atoms with Crippen LogP contribution < -0.4 is 10.6 Å². The predicted molar refractivity (Wildman–Crippen MR) is 158 cm³/mol. The largest absolute Gasteiger partial charge is 0.506 e. The number of carbonyl (C=O) groups is 3. The lowest BCUT2D eigenvalue weighted by molar-refractivity contribution is -0.131. The minimum Gasteiger partial charge on any atom is -0.506 e. The van der Waals surface area contributed by atoms with E-state index < -0.39 is 5.91 Å². The number of likely N-dealkylation sites (tertiary alicyclic amines) is 1. The molecule has 0 unspecified atom stereocenters. The molecule has 3 heterocycles. The van der Waals surface area contributed by atoms with Crippen molar-refractivity contribution in [2.24, 2.45) is 0 Å². The second-order valence-electron chi connectivity index (χ2n) is 12.7. The number of nitrogens with zero attached hydrogens (tertiary/aromatic N) is 3. The van der Waals surface area contributed by atoms with E-state index in [0.29, 0.717) is 35.9 Å². The predicted octanol–water partition coefficient (Wildman–Crippen LogP) is 5.34. The lowest BCUT2D eigenvalue weighted by Gasteiger charge is -2.50. The van der Waals surface area contributed by atoms with Crippen molar-refractivity contribution in [2.45, 2.75) is 84.2 Å². The van der Waals surface area contributed by atoms with Gasteiger partial charge in [-0.15, -0.1) is 0 Å². The average Bonchev–Trinajstić information content (AvgIpc) is 3.33. The van der Waals surface area contributed by atoms with Crippen LogP contribution in [0.15, 0.2) is 53.2 Å². The van der Waals surface area contributed by atoms with Crippen molar-refractivity contribution in [1.82, 2.24) is 15.0 Å². The van der Waals surface area contributed by atoms with Crippen LogP contribution in [-0.4, -0.2) is 55.9 Å². The van der Waals surface area contributed by atoms with Gasteiger partial charge in [-0.2, -0.15) is 0 Å². The number of nitrogens with one attached hydrogen (secondary N) is 2. The molecule has 1 aromatic carbocycles. The van der Waals surface area contributed by atoms with Crippen LogP contribution in [0.2, 0.25) is 0 Å². The number of carbonyl (C=O) groups excluding carboxylic acids is 3. The molecule has 0 bridgehead atoms. The minimum absolute atomic E-state index is 0.00979. The Hall–Kier alpha value is -4.05. The Morgan fingerprint density at radius 2 is 1.61 bits per heavy atom. The third-order valence-corrected chi connectivity index (χ3v) is 7.15. The first-order valence-corrected chi connectivity index (χ1v) is 13.5. The van der Waals surface area contributed by atoms with Crippen LogP contribution in [-0.2, 0) is 21.4 Å². The zero-order chi connectivity index (χ0) is 30.6. The molecule has 1 aliphatic rings. The third-order valence-electron chi connectivity index (χ3n) is 7.15. The average molecular weight is 564 g/mol. The number of Topliss-reactive ketones (excluding diaryl/α,β-unsaturated/α-hetero) is 1. The number of aromatic nitrogens is 2. The van der Waals surface area contributed by atoms with Crippen molar-refractivity contribution in [1.29, 1.82) is 0 Å². The van der Waals surface area contributed by atoms with Gasteiger partial charge in [-0.1, -0.05) is 38.1 Å². The minimum atomic E-state index is -0.392. The maximum absolute atomic E-state index is 12.2. The third kappa shape index (κ3) is 8.72. The first-order valence-electron chi connectivity index (χ1n) is 13.5. The van der Waals surface area contributed by atoms with Crippen molar-refractivity contribution in [3.63, 3.8) is 0 Å². The lowest BCUT2D eigenvalue weighted by Crippen LogP contribution is -2.58. The zero-order valence-electron chi connectivity index (χ0n) is 25.2. The van der Waals surface area contributed by atoms with Crippen molar-refractivity contribution in [3.05, 3.63) is 65.7 Å². The standard InChI is InChI=1S/C21H22N4O4.C10H19NO/c1-21(2,3)17-11-18(25-29-17)24-19(27)10-13-4-6-14(7-5-13)23-20(28)16-9-8-15(26)12-22-16;1-9(2)6-8(12)7-10(3,4)11(9)5/h4-9,11-12,26H,10H2,1-3H3,(H,23,28)(H,24,25,27);6-7H2,1-5H3. The van der Waals surface area contributed by atoms with Gasteiger partial charge in [-0.05, 0) is 64.6 Å². The highest BCUT2D eigenvalue weighted by Gasteiger charge is 2.42. The first-order chi connectivity index (χ1) is 19.0. The number of amides is 2. The Morgan fingerprint density at radius 3 is 2.12 bits per heavy atom. The molecule has 0 radical (unpaired) electrons. The van der Waals surface area contributed by atoms with Gasteiger partial charge in [0.05, 0.1) is 12.6 Å². The summed E-state index contributed by atoms with van der Waals surface area (Å²) in [5.74, 6) is 0.841. The Balaban J connectivity index is 0.000000322. The molecule has 1 fully saturated rings. The van der Waals surface area contributed by atoms with Gasteiger partial charge in [-0.3, -0.25) is 19.3 Å². The molecule has 1 saturated heterocycles. The molecule has 2 aromatic heterocycles. The molecular weight excluding hydrogens is 522 g/mol. The molecule has 0 saturated carbocycles. The highest BCUT2D eigenvalue weighted by Crippen LogP contribution is 2.34. The van der Waals surface area contributed by atoms with Gasteiger partial charge < -0.3 is 20.3 Å². The van der Waals surface area contributed by atoms with Crippen LogP contribution in [0.4, 0.5) is 11.5 Å². The second-order valence-corrected chi connectivity index (χ2v) is 12.7. The molecular formula is C31H41N5O5. The van der Waals surface area contributed by atoms with Gasteiger partial charge >= 0.3 is 0 Å². The van der Waals surface area contributed by atoms with E-state index in [4.69, 9.17) is 4.52 Å². The zero-order valence-corrected chi connectivity index (χ0v) is 25.2. The van der Waals surface area contributed by atoms with Gasteiger partial charge in [-0.25, -0.2) is 4.98 Å². The summed E-state index contributed by atoms with van der Waals surface area (Å²) in [4.78, 5) is 41.9. The summed E-state index contributed by atoms with van der Waals surface area (Å²) in [6.45, 7) is 14.5. The van der Waals surface area contributed by atoms with Crippen LogP contribution in [0.5, 0.6) is 5.75 Å². The number of ketones is 1. The molecule has 2 amide bonds. The number of pyridine rings is 1. The Bertz CT molecular complexity index is 1350. The normalized spacial score (nSPS) is 16.3. The lowest BCUT2D eigenvalue weighted by atomic mass is 9.80. The molecule has 0 spiro atoms. The highest BCUT2D eigenvalue weighted by atomic mass is 16.5. The van der Waals surface area contributed by atoms with Crippen LogP contribution >= 0.6 is 0 Å². The Labute approximate surface area is 241 Å². The topological polar surface area (TPSA) is 138 Å². The quantitative estimate of drug-likeness (QED) is 0.378. The molecule has 4 rings (SSSR count). The number of aromatic hydroxyl groups is 1. The highest BCUT2D eigenvalue weighted by molar-refractivity contribution is 6.02. The fourth-order valence-electron chi connectivity index (χ4n) is 4.57. The van der Waals surface area contributed by atoms with Crippen molar-refractivity contribution in [3.8, 4) is 5.75 Å². The summed E-state index contributed by atoms with van der Waals surface area (Å²) in [5.41, 5.74) is 1.40. The molecule has 10 heteroatoms. The summed E-state index contributed by atoms with van der Waals surface area (Å²) < 4.78 is 5.25. The van der Waals surface area contributed by atoms with E-state index in [1.54, 1.807) is 30.3 Å². The summed E-state index contributed by atoms with van der Waals surface area (Å²) in [7, 11) is 2.10. The Kier molecular flexibility index (Phi) is 9.38. The molecule has 3 N–H and O–H groups in total. The van der Waals surface area contributed by atoms with Crippen LogP contribution in [0.3, 0.4) is 0 Å². The Morgan fingerprint density at radius 1 is 1.00 bits per heavy atom. The van der Waals surface area contributed by atoms with Crippen molar-refractivity contribution < 1.29 is 24.0 Å². The molecule has 0 aliphatic carbocycles. The van der Waals surface area contributed by atoms with E-state index in [2.05, 4.69) is 60.4 Å². The summed E-state index contributed by atoms with van der Waals surface area (Å²) in [5, 5.41) is 18.5. The molecule has 41 heavy (non-hydrogen) atoms. The summed E-state index contributed by atoms with van der Waals surface area (Å²) in [6, 6.07) is 11.4. The van der Waals surface area contributed by atoms with Crippen LogP contribution in [0.1, 0.15) is 83.1 Å². The fraction of sp³-hybridized carbons (Fsp3) is 0.452. The van der Waals surface area contributed by atoms with Gasteiger partial charge in [0.25, 0.3) is 5.91 Å². The number of anilines is 2. The van der Waals surface area contributed by atoms with E-state index >= 15 is 0 Å². The van der Waals surface area contributed by atoms with Crippen molar-refractivity contribution >= 4 is 29.1 Å². The maximum atomic E-state index is 12.2. The van der Waals surface area contributed by atoms with Crippen LogP contribution in [0.25, 0.3) is 0 Å². The van der Waals surface area contributed by atoms with E-state index in [9.17, 15) is 19.5 Å². The summed E-state index contributed by atoms with van der Waals surface area (Å²) in [6.07, 6.45) is 2.74. The SMILES string of the molecule is CC(C)(C)c1cc(NC(=O)Cc2ccc(NC(=O)c3ccc(O)cn3)cc2)no1.CN1C(C)(C)CC(=O)CC1(C)C. The number of rotatable bonds is 5. The van der Waals surface area contributed by atoms with Crippen LogP contribution in [0, 0.1) is 0 Å². The molecule has 0 atom stereocenters. The van der Waals surface area contributed by atoms with E-state index in [1.165, 1.54) is 18.3 Å². The maximum Gasteiger partial charge on any atom is 0.274 e. The molecule has 220 valence electrons. The smallest absolute Gasteiger partial charge is 0.274 e. The molecule has 1 aliphatic heterocycles. The second kappa shape index (κ2) is 12.2. The van der Waals surface area contributed by atoms with Gasteiger partial charge in [0.2, 0.25) is 5.91 Å². The fourth-order valence-corrected chi connectivity index (χ4v) is 4.57. The van der Waals surface area contributed by atoms with E-state index in [1.807, 2.05) is 20.8 Å².